The van der Waals surface area contributed by atoms with Crippen molar-refractivity contribution in [1.82, 2.24) is 9.80 Å². The minimum absolute atomic E-state index is 0.211. The van der Waals surface area contributed by atoms with Gasteiger partial charge < -0.3 is 9.64 Å². The summed E-state index contributed by atoms with van der Waals surface area (Å²) in [6, 6.07) is 8.35. The van der Waals surface area contributed by atoms with Gasteiger partial charge in [-0.05, 0) is 37.6 Å². The number of allylic oxidation sites excluding steroid dienone is 1. The van der Waals surface area contributed by atoms with Crippen molar-refractivity contribution in [3.8, 4) is 5.75 Å². The second-order valence-corrected chi connectivity index (χ2v) is 5.60. The topological polar surface area (TPSA) is 32.8 Å². The van der Waals surface area contributed by atoms with Gasteiger partial charge in [0.2, 0.25) is 0 Å². The Hall–Kier alpha value is -1.81. The summed E-state index contributed by atoms with van der Waals surface area (Å²) in [7, 11) is 0. The van der Waals surface area contributed by atoms with E-state index in [-0.39, 0.29) is 6.10 Å². The Morgan fingerprint density at radius 2 is 1.81 bits per heavy atom. The zero-order chi connectivity index (χ0) is 15.1. The Bertz CT molecular complexity index is 460. The van der Waals surface area contributed by atoms with Crippen LogP contribution >= 0.6 is 0 Å². The first kappa shape index (κ1) is 15.6. The summed E-state index contributed by atoms with van der Waals surface area (Å²) in [4.78, 5) is 14.9. The number of carbonyl (C=O) groups excluding carboxylic acids is 1. The van der Waals surface area contributed by atoms with E-state index in [1.807, 2.05) is 32.2 Å². The fourth-order valence-corrected chi connectivity index (χ4v) is 2.43. The number of piperazine rings is 1. The molecule has 0 unspecified atom stereocenters. The van der Waals surface area contributed by atoms with Crippen molar-refractivity contribution in [2.45, 2.75) is 26.5 Å². The van der Waals surface area contributed by atoms with Gasteiger partial charge in [-0.25, -0.2) is 0 Å². The molecule has 4 heteroatoms. The smallest absolute Gasteiger partial charge is 0.144 e. The molecule has 0 amide bonds. The summed E-state index contributed by atoms with van der Waals surface area (Å²) < 4.78 is 5.65. The average Bonchev–Trinajstić information content (AvgIpc) is 2.48. The SMILES string of the molecule is CC(C)Oc1ccc(CN2CCN(C=CC=O)CC2)cc1. The van der Waals surface area contributed by atoms with Crippen LogP contribution in [-0.2, 0) is 11.3 Å². The lowest BCUT2D eigenvalue weighted by Crippen LogP contribution is -2.43. The van der Waals surface area contributed by atoms with Crippen LogP contribution in [-0.4, -0.2) is 48.4 Å². The molecule has 1 aliphatic heterocycles. The molecule has 0 bridgehead atoms. The molecule has 21 heavy (non-hydrogen) atoms. The van der Waals surface area contributed by atoms with Crippen LogP contribution in [0.5, 0.6) is 5.75 Å². The summed E-state index contributed by atoms with van der Waals surface area (Å²) in [5.74, 6) is 0.928. The first-order chi connectivity index (χ1) is 10.2. The largest absolute Gasteiger partial charge is 0.491 e. The molecule has 0 N–H and O–H groups in total. The lowest BCUT2D eigenvalue weighted by Gasteiger charge is -2.34. The molecule has 0 spiro atoms. The third kappa shape index (κ3) is 5.23. The predicted octanol–water partition coefficient (Wildman–Crippen LogP) is 2.30. The van der Waals surface area contributed by atoms with Crippen LogP contribution < -0.4 is 4.74 Å². The monoisotopic (exact) mass is 288 g/mol. The van der Waals surface area contributed by atoms with E-state index >= 15 is 0 Å². The molecular formula is C17H24N2O2. The van der Waals surface area contributed by atoms with Crippen molar-refractivity contribution in [3.05, 3.63) is 42.1 Å². The number of hydrogen-bond acceptors (Lipinski definition) is 4. The van der Waals surface area contributed by atoms with Crippen LogP contribution in [0.1, 0.15) is 19.4 Å². The van der Waals surface area contributed by atoms with Crippen LogP contribution in [0.2, 0.25) is 0 Å². The van der Waals surface area contributed by atoms with Crippen LogP contribution in [0.3, 0.4) is 0 Å². The third-order valence-electron chi connectivity index (χ3n) is 3.48. The number of hydrogen-bond donors (Lipinski definition) is 0. The van der Waals surface area contributed by atoms with Crippen LogP contribution in [0.25, 0.3) is 0 Å². The van der Waals surface area contributed by atoms with E-state index in [9.17, 15) is 4.79 Å². The van der Waals surface area contributed by atoms with Gasteiger partial charge in [-0.2, -0.15) is 0 Å². The first-order valence-corrected chi connectivity index (χ1v) is 7.51. The molecular weight excluding hydrogens is 264 g/mol. The summed E-state index contributed by atoms with van der Waals surface area (Å²) >= 11 is 0. The molecule has 0 atom stereocenters. The van der Waals surface area contributed by atoms with E-state index in [1.165, 1.54) is 5.56 Å². The molecule has 2 rings (SSSR count). The molecule has 0 aromatic heterocycles. The van der Waals surface area contributed by atoms with Crippen molar-refractivity contribution in [3.63, 3.8) is 0 Å². The Morgan fingerprint density at radius 3 is 2.38 bits per heavy atom. The number of carbonyl (C=O) groups is 1. The van der Waals surface area contributed by atoms with Crippen LogP contribution in [0, 0.1) is 0 Å². The number of benzene rings is 1. The molecule has 1 aromatic rings. The summed E-state index contributed by atoms with van der Waals surface area (Å²) in [5.41, 5.74) is 1.31. The zero-order valence-electron chi connectivity index (χ0n) is 12.9. The molecule has 0 aliphatic carbocycles. The highest BCUT2D eigenvalue weighted by molar-refractivity contribution is 5.64. The molecule has 1 heterocycles. The molecule has 0 radical (unpaired) electrons. The summed E-state index contributed by atoms with van der Waals surface area (Å²) in [5, 5.41) is 0. The highest BCUT2D eigenvalue weighted by Crippen LogP contribution is 2.15. The minimum atomic E-state index is 0.211. The van der Waals surface area contributed by atoms with Crippen molar-refractivity contribution >= 4 is 6.29 Å². The van der Waals surface area contributed by atoms with Gasteiger partial charge in [0.05, 0.1) is 6.10 Å². The maximum atomic E-state index is 10.3. The Kier molecular flexibility index (Phi) is 5.81. The maximum absolute atomic E-state index is 10.3. The van der Waals surface area contributed by atoms with E-state index in [2.05, 4.69) is 21.9 Å². The van der Waals surface area contributed by atoms with Crippen LogP contribution in [0.15, 0.2) is 36.5 Å². The Balaban J connectivity index is 1.80. The number of nitrogens with zero attached hydrogens (tertiary/aromatic N) is 2. The third-order valence-corrected chi connectivity index (χ3v) is 3.48. The van der Waals surface area contributed by atoms with Crippen molar-refractivity contribution in [2.75, 3.05) is 26.2 Å². The molecule has 114 valence electrons. The summed E-state index contributed by atoms with van der Waals surface area (Å²) in [6.45, 7) is 9.02. The normalized spacial score (nSPS) is 16.6. The van der Waals surface area contributed by atoms with E-state index in [0.29, 0.717) is 0 Å². The van der Waals surface area contributed by atoms with Gasteiger partial charge in [0.15, 0.2) is 0 Å². The fraction of sp³-hybridized carbons (Fsp3) is 0.471. The van der Waals surface area contributed by atoms with Gasteiger partial charge in [-0.3, -0.25) is 9.69 Å². The second kappa shape index (κ2) is 7.84. The van der Waals surface area contributed by atoms with Gasteiger partial charge in [-0.15, -0.1) is 0 Å². The second-order valence-electron chi connectivity index (χ2n) is 5.60. The first-order valence-electron chi connectivity index (χ1n) is 7.51. The molecule has 1 aliphatic rings. The van der Waals surface area contributed by atoms with Crippen molar-refractivity contribution < 1.29 is 9.53 Å². The minimum Gasteiger partial charge on any atom is -0.491 e. The quantitative estimate of drug-likeness (QED) is 0.594. The van der Waals surface area contributed by atoms with Gasteiger partial charge in [0, 0.05) is 38.9 Å². The summed E-state index contributed by atoms with van der Waals surface area (Å²) in [6.07, 6.45) is 4.47. The van der Waals surface area contributed by atoms with Crippen molar-refractivity contribution in [1.29, 1.82) is 0 Å². The van der Waals surface area contributed by atoms with E-state index in [0.717, 1.165) is 44.8 Å². The Morgan fingerprint density at radius 1 is 1.14 bits per heavy atom. The lowest BCUT2D eigenvalue weighted by atomic mass is 10.2. The molecule has 4 nitrogen and oxygen atoms in total. The highest BCUT2D eigenvalue weighted by Gasteiger charge is 2.14. The molecule has 1 fully saturated rings. The number of ether oxygens (including phenoxy) is 1. The van der Waals surface area contributed by atoms with Gasteiger partial charge in [0.25, 0.3) is 0 Å². The van der Waals surface area contributed by atoms with E-state index in [4.69, 9.17) is 4.74 Å². The standard InChI is InChI=1S/C17H24N2O2/c1-15(2)21-17-6-4-16(5-7-17)14-19-11-9-18(10-12-19)8-3-13-20/h3-8,13,15H,9-12,14H2,1-2H3. The van der Waals surface area contributed by atoms with Crippen LogP contribution in [0.4, 0.5) is 0 Å². The Labute approximate surface area is 127 Å². The lowest BCUT2D eigenvalue weighted by molar-refractivity contribution is -0.104. The fourth-order valence-electron chi connectivity index (χ4n) is 2.43. The van der Waals surface area contributed by atoms with E-state index in [1.54, 1.807) is 6.08 Å². The molecule has 1 saturated heterocycles. The number of rotatable bonds is 6. The molecule has 1 aromatic carbocycles. The van der Waals surface area contributed by atoms with Gasteiger partial charge in [-0.1, -0.05) is 12.1 Å². The molecule has 0 saturated carbocycles. The van der Waals surface area contributed by atoms with Gasteiger partial charge >= 0.3 is 0 Å². The van der Waals surface area contributed by atoms with Crippen molar-refractivity contribution in [2.24, 2.45) is 0 Å². The zero-order valence-corrected chi connectivity index (χ0v) is 12.9. The van der Waals surface area contributed by atoms with E-state index < -0.39 is 0 Å². The van der Waals surface area contributed by atoms with Gasteiger partial charge in [0.1, 0.15) is 12.0 Å². The number of aldehydes is 1. The maximum Gasteiger partial charge on any atom is 0.144 e. The predicted molar refractivity (Wildman–Crippen MR) is 84.3 cm³/mol. The highest BCUT2D eigenvalue weighted by atomic mass is 16.5. The average molecular weight is 288 g/mol.